The van der Waals surface area contributed by atoms with Gasteiger partial charge in [0.15, 0.2) is 6.29 Å². The summed E-state index contributed by atoms with van der Waals surface area (Å²) in [6.07, 6.45) is 7.34. The van der Waals surface area contributed by atoms with Gasteiger partial charge in [-0.1, -0.05) is 38.7 Å². The minimum Gasteiger partial charge on any atom is -0.433 e. The van der Waals surface area contributed by atoms with E-state index in [2.05, 4.69) is 6.58 Å². The zero-order valence-electron chi connectivity index (χ0n) is 11.0. The summed E-state index contributed by atoms with van der Waals surface area (Å²) in [7, 11) is 0. The molecule has 0 aromatic rings. The quantitative estimate of drug-likeness (QED) is 0.405. The average molecular weight is 240 g/mol. The molecule has 3 heteroatoms. The molecule has 98 valence electrons. The first-order chi connectivity index (χ1) is 8.09. The Kier molecular flexibility index (Phi) is 6.27. The molecule has 0 bridgehead atoms. The molecule has 1 aliphatic rings. The summed E-state index contributed by atoms with van der Waals surface area (Å²) >= 11 is 0. The van der Waals surface area contributed by atoms with Crippen molar-refractivity contribution in [1.82, 2.24) is 0 Å². The molecule has 0 aromatic carbocycles. The van der Waals surface area contributed by atoms with Crippen LogP contribution in [0.3, 0.4) is 0 Å². The van der Waals surface area contributed by atoms with Gasteiger partial charge in [0.2, 0.25) is 0 Å². The summed E-state index contributed by atoms with van der Waals surface area (Å²) in [5.74, 6) is 0.419. The van der Waals surface area contributed by atoms with Crippen LogP contribution in [0, 0.1) is 5.92 Å². The van der Waals surface area contributed by atoms with E-state index >= 15 is 0 Å². The molecule has 1 aliphatic carbocycles. The van der Waals surface area contributed by atoms with E-state index in [9.17, 15) is 4.79 Å². The van der Waals surface area contributed by atoms with Crippen LogP contribution in [-0.4, -0.2) is 18.9 Å². The smallest absolute Gasteiger partial charge is 0.335 e. The Morgan fingerprint density at radius 3 is 2.59 bits per heavy atom. The molecule has 1 fully saturated rings. The third kappa shape index (κ3) is 5.87. The van der Waals surface area contributed by atoms with E-state index in [-0.39, 0.29) is 5.97 Å². The summed E-state index contributed by atoms with van der Waals surface area (Å²) in [6, 6.07) is 0. The van der Waals surface area contributed by atoms with Crippen LogP contribution in [0.15, 0.2) is 12.2 Å². The highest BCUT2D eigenvalue weighted by Gasteiger charge is 2.14. The minimum atomic E-state index is -0.470. The fraction of sp³-hybridized carbons (Fsp3) is 0.786. The first-order valence-electron chi connectivity index (χ1n) is 6.57. The second kappa shape index (κ2) is 7.49. The van der Waals surface area contributed by atoms with Gasteiger partial charge in [-0.25, -0.2) is 4.79 Å². The zero-order chi connectivity index (χ0) is 12.7. The minimum absolute atomic E-state index is 0.379. The number of rotatable bonds is 6. The monoisotopic (exact) mass is 240 g/mol. The average Bonchev–Trinajstić information content (AvgIpc) is 2.30. The van der Waals surface area contributed by atoms with Crippen LogP contribution in [0.5, 0.6) is 0 Å². The third-order valence-corrected chi connectivity index (χ3v) is 3.22. The van der Waals surface area contributed by atoms with E-state index in [0.29, 0.717) is 12.2 Å². The van der Waals surface area contributed by atoms with Crippen LogP contribution < -0.4 is 0 Å². The molecule has 0 aromatic heterocycles. The Balaban J connectivity index is 2.08. The Morgan fingerprint density at radius 1 is 1.35 bits per heavy atom. The highest BCUT2D eigenvalue weighted by atomic mass is 16.7. The maximum absolute atomic E-state index is 11.2. The van der Waals surface area contributed by atoms with Gasteiger partial charge in [0, 0.05) is 5.57 Å². The van der Waals surface area contributed by atoms with E-state index < -0.39 is 6.29 Å². The highest BCUT2D eigenvalue weighted by Crippen LogP contribution is 2.26. The van der Waals surface area contributed by atoms with Crippen molar-refractivity contribution in [2.24, 2.45) is 5.92 Å². The molecule has 0 heterocycles. The van der Waals surface area contributed by atoms with Crippen molar-refractivity contribution in [1.29, 1.82) is 0 Å². The molecule has 0 amide bonds. The van der Waals surface area contributed by atoms with Crippen molar-refractivity contribution in [3.63, 3.8) is 0 Å². The predicted octanol–water partition coefficient (Wildman–Crippen LogP) is 3.44. The normalized spacial score (nSPS) is 18.7. The summed E-state index contributed by atoms with van der Waals surface area (Å²) in [5, 5.41) is 0. The molecular weight excluding hydrogens is 216 g/mol. The van der Waals surface area contributed by atoms with Crippen LogP contribution in [0.1, 0.15) is 52.4 Å². The topological polar surface area (TPSA) is 35.5 Å². The largest absolute Gasteiger partial charge is 0.433 e. The van der Waals surface area contributed by atoms with Crippen molar-refractivity contribution in [2.45, 2.75) is 58.7 Å². The van der Waals surface area contributed by atoms with Crippen molar-refractivity contribution >= 4 is 5.97 Å². The SMILES string of the molecule is C=C(C)C(=O)OC(C)OCCC1CCCCC1. The number of carbonyl (C=O) groups is 1. The third-order valence-electron chi connectivity index (χ3n) is 3.22. The molecule has 0 aliphatic heterocycles. The molecule has 0 N–H and O–H groups in total. The predicted molar refractivity (Wildman–Crippen MR) is 67.5 cm³/mol. The van der Waals surface area contributed by atoms with Crippen LogP contribution in [0.2, 0.25) is 0 Å². The Morgan fingerprint density at radius 2 is 2.00 bits per heavy atom. The van der Waals surface area contributed by atoms with Crippen LogP contribution in [-0.2, 0) is 14.3 Å². The van der Waals surface area contributed by atoms with E-state index in [0.717, 1.165) is 12.3 Å². The molecule has 0 saturated heterocycles. The lowest BCUT2D eigenvalue weighted by Gasteiger charge is -2.22. The fourth-order valence-corrected chi connectivity index (χ4v) is 2.16. The van der Waals surface area contributed by atoms with Gasteiger partial charge < -0.3 is 9.47 Å². The molecule has 0 spiro atoms. The van der Waals surface area contributed by atoms with Gasteiger partial charge in [0.1, 0.15) is 0 Å². The standard InChI is InChI=1S/C14H24O3/c1-11(2)14(15)17-12(3)16-10-9-13-7-5-4-6-8-13/h12-13H,1,4-10H2,2-3H3. The molecular formula is C14H24O3. The first kappa shape index (κ1) is 14.2. The van der Waals surface area contributed by atoms with Crippen LogP contribution in [0.4, 0.5) is 0 Å². The fourth-order valence-electron chi connectivity index (χ4n) is 2.16. The Hall–Kier alpha value is -0.830. The Labute approximate surface area is 104 Å². The lowest BCUT2D eigenvalue weighted by molar-refractivity contribution is -0.170. The van der Waals surface area contributed by atoms with Gasteiger partial charge in [0.25, 0.3) is 0 Å². The second-order valence-corrected chi connectivity index (χ2v) is 4.92. The number of hydrogen-bond donors (Lipinski definition) is 0. The van der Waals surface area contributed by atoms with Gasteiger partial charge in [0.05, 0.1) is 6.61 Å². The van der Waals surface area contributed by atoms with Gasteiger partial charge >= 0.3 is 5.97 Å². The Bertz CT molecular complexity index is 254. The van der Waals surface area contributed by atoms with Crippen molar-refractivity contribution in [3.8, 4) is 0 Å². The molecule has 1 saturated carbocycles. The maximum atomic E-state index is 11.2. The molecule has 1 atom stereocenters. The molecule has 1 unspecified atom stereocenters. The van der Waals surface area contributed by atoms with Gasteiger partial charge in [-0.05, 0) is 26.2 Å². The lowest BCUT2D eigenvalue weighted by Crippen LogP contribution is -2.20. The summed E-state index contributed by atoms with van der Waals surface area (Å²) in [5.41, 5.74) is 0.410. The summed E-state index contributed by atoms with van der Waals surface area (Å²) < 4.78 is 10.5. The lowest BCUT2D eigenvalue weighted by atomic mass is 9.87. The zero-order valence-corrected chi connectivity index (χ0v) is 11.0. The van der Waals surface area contributed by atoms with Gasteiger partial charge in [-0.3, -0.25) is 0 Å². The van der Waals surface area contributed by atoms with E-state index in [1.54, 1.807) is 13.8 Å². The van der Waals surface area contributed by atoms with Crippen LogP contribution in [0.25, 0.3) is 0 Å². The summed E-state index contributed by atoms with van der Waals surface area (Å²) in [4.78, 5) is 11.2. The summed E-state index contributed by atoms with van der Waals surface area (Å²) in [6.45, 7) is 7.60. The van der Waals surface area contributed by atoms with Crippen LogP contribution >= 0.6 is 0 Å². The molecule has 3 nitrogen and oxygen atoms in total. The van der Waals surface area contributed by atoms with Crippen molar-refractivity contribution in [3.05, 3.63) is 12.2 Å². The van der Waals surface area contributed by atoms with Crippen molar-refractivity contribution in [2.75, 3.05) is 6.61 Å². The molecule has 17 heavy (non-hydrogen) atoms. The number of ether oxygens (including phenoxy) is 2. The number of carbonyl (C=O) groups excluding carboxylic acids is 1. The molecule has 0 radical (unpaired) electrons. The first-order valence-corrected chi connectivity index (χ1v) is 6.57. The van der Waals surface area contributed by atoms with Gasteiger partial charge in [-0.15, -0.1) is 0 Å². The molecule has 1 rings (SSSR count). The second-order valence-electron chi connectivity index (χ2n) is 4.92. The highest BCUT2D eigenvalue weighted by molar-refractivity contribution is 5.86. The maximum Gasteiger partial charge on any atom is 0.335 e. The van der Waals surface area contributed by atoms with E-state index in [1.165, 1.54) is 32.1 Å². The van der Waals surface area contributed by atoms with E-state index in [1.807, 2.05) is 0 Å². The van der Waals surface area contributed by atoms with Crippen molar-refractivity contribution < 1.29 is 14.3 Å². The number of esters is 1. The van der Waals surface area contributed by atoms with E-state index in [4.69, 9.17) is 9.47 Å². The number of hydrogen-bond acceptors (Lipinski definition) is 3. The van der Waals surface area contributed by atoms with Gasteiger partial charge in [-0.2, -0.15) is 0 Å².